The Labute approximate surface area is 85.5 Å². The van der Waals surface area contributed by atoms with Crippen LogP contribution >= 0.6 is 0 Å². The molecule has 0 aliphatic rings. The lowest BCUT2D eigenvalue weighted by Gasteiger charge is -2.02. The highest BCUT2D eigenvalue weighted by Gasteiger charge is 2.02. The van der Waals surface area contributed by atoms with Crippen LogP contribution in [-0.2, 0) is 17.9 Å². The van der Waals surface area contributed by atoms with Gasteiger partial charge in [-0.2, -0.15) is 5.10 Å². The molecule has 2 aromatic heterocycles. The minimum Gasteiger partial charge on any atom is -0.350 e. The number of amides is 1. The minimum absolute atomic E-state index is 0.110. The summed E-state index contributed by atoms with van der Waals surface area (Å²) in [6.07, 6.45) is 6.56. The monoisotopic (exact) mass is 206 g/mol. The lowest BCUT2D eigenvalue weighted by molar-refractivity contribution is -0.122. The Hall–Kier alpha value is -2.18. The molecule has 2 aromatic rings. The SMILES string of the molecule is O=C(Cn1ccnn1)NCc1cn[nH]c1. The predicted octanol–water partition coefficient (Wildman–Crippen LogP) is -0.682. The summed E-state index contributed by atoms with van der Waals surface area (Å²) < 4.78 is 1.46. The Bertz CT molecular complexity index is 406. The molecule has 0 aromatic carbocycles. The summed E-state index contributed by atoms with van der Waals surface area (Å²) in [6, 6.07) is 0. The quantitative estimate of drug-likeness (QED) is 0.693. The summed E-state index contributed by atoms with van der Waals surface area (Å²) in [5.41, 5.74) is 0.932. The number of aromatic amines is 1. The number of rotatable bonds is 4. The van der Waals surface area contributed by atoms with Crippen LogP contribution in [0.1, 0.15) is 5.56 Å². The highest BCUT2D eigenvalue weighted by molar-refractivity contribution is 5.75. The third kappa shape index (κ3) is 2.63. The van der Waals surface area contributed by atoms with E-state index in [9.17, 15) is 4.79 Å². The first-order valence-electron chi connectivity index (χ1n) is 4.43. The van der Waals surface area contributed by atoms with Crippen LogP contribution in [-0.4, -0.2) is 31.1 Å². The molecule has 2 rings (SSSR count). The summed E-state index contributed by atoms with van der Waals surface area (Å²) in [4.78, 5) is 11.4. The van der Waals surface area contributed by atoms with Gasteiger partial charge in [0.15, 0.2) is 0 Å². The van der Waals surface area contributed by atoms with Crippen LogP contribution in [0.25, 0.3) is 0 Å². The highest BCUT2D eigenvalue weighted by Crippen LogP contribution is 1.92. The van der Waals surface area contributed by atoms with E-state index in [2.05, 4.69) is 25.8 Å². The molecular weight excluding hydrogens is 196 g/mol. The number of nitrogens with one attached hydrogen (secondary N) is 2. The van der Waals surface area contributed by atoms with Gasteiger partial charge in [-0.25, -0.2) is 4.68 Å². The molecule has 0 saturated carbocycles. The molecule has 0 saturated heterocycles. The summed E-state index contributed by atoms with van der Waals surface area (Å²) >= 11 is 0. The number of carbonyl (C=O) groups is 1. The van der Waals surface area contributed by atoms with Crippen molar-refractivity contribution in [2.24, 2.45) is 0 Å². The first-order chi connectivity index (χ1) is 7.34. The van der Waals surface area contributed by atoms with E-state index in [1.165, 1.54) is 10.9 Å². The van der Waals surface area contributed by atoms with Gasteiger partial charge in [0, 0.05) is 24.5 Å². The molecule has 2 N–H and O–H groups in total. The standard InChI is InChI=1S/C8H10N6O/c15-8(6-14-2-1-10-13-14)9-3-7-4-11-12-5-7/h1-2,4-5H,3,6H2,(H,9,15)(H,11,12). The second-order valence-electron chi connectivity index (χ2n) is 2.98. The van der Waals surface area contributed by atoms with E-state index < -0.39 is 0 Å². The second kappa shape index (κ2) is 4.36. The second-order valence-corrected chi connectivity index (χ2v) is 2.98. The zero-order chi connectivity index (χ0) is 10.5. The van der Waals surface area contributed by atoms with Gasteiger partial charge in [0.05, 0.1) is 12.4 Å². The van der Waals surface area contributed by atoms with E-state index in [4.69, 9.17) is 0 Å². The average molecular weight is 206 g/mol. The molecule has 0 bridgehead atoms. The number of H-pyrrole nitrogens is 1. The molecule has 7 nitrogen and oxygen atoms in total. The molecular formula is C8H10N6O. The van der Waals surface area contributed by atoms with Crippen LogP contribution in [0.5, 0.6) is 0 Å². The molecule has 0 aliphatic carbocycles. The van der Waals surface area contributed by atoms with Crippen molar-refractivity contribution in [3.8, 4) is 0 Å². The first kappa shape index (κ1) is 9.38. The van der Waals surface area contributed by atoms with Gasteiger partial charge in [0.2, 0.25) is 5.91 Å². The van der Waals surface area contributed by atoms with E-state index in [1.807, 2.05) is 0 Å². The Kier molecular flexibility index (Phi) is 2.72. The molecule has 0 aliphatic heterocycles. The third-order valence-electron chi connectivity index (χ3n) is 1.82. The van der Waals surface area contributed by atoms with E-state index in [-0.39, 0.29) is 12.5 Å². The van der Waals surface area contributed by atoms with Crippen LogP contribution in [0.15, 0.2) is 24.8 Å². The van der Waals surface area contributed by atoms with Gasteiger partial charge in [-0.1, -0.05) is 5.21 Å². The number of hydrogen-bond acceptors (Lipinski definition) is 4. The van der Waals surface area contributed by atoms with Crippen molar-refractivity contribution in [3.05, 3.63) is 30.4 Å². The van der Waals surface area contributed by atoms with Crippen molar-refractivity contribution < 1.29 is 4.79 Å². The van der Waals surface area contributed by atoms with E-state index >= 15 is 0 Å². The lowest BCUT2D eigenvalue weighted by atomic mass is 10.3. The van der Waals surface area contributed by atoms with E-state index in [0.29, 0.717) is 6.54 Å². The van der Waals surface area contributed by atoms with Crippen molar-refractivity contribution in [3.63, 3.8) is 0 Å². The van der Waals surface area contributed by atoms with Crippen LogP contribution in [0.4, 0.5) is 0 Å². The molecule has 7 heteroatoms. The zero-order valence-corrected chi connectivity index (χ0v) is 7.92. The normalized spacial score (nSPS) is 10.1. The summed E-state index contributed by atoms with van der Waals surface area (Å²) in [5.74, 6) is -0.110. The third-order valence-corrected chi connectivity index (χ3v) is 1.82. The topological polar surface area (TPSA) is 88.5 Å². The molecule has 0 unspecified atom stereocenters. The lowest BCUT2D eigenvalue weighted by Crippen LogP contribution is -2.27. The molecule has 0 fully saturated rings. The Balaban J connectivity index is 1.78. The minimum atomic E-state index is -0.110. The summed E-state index contributed by atoms with van der Waals surface area (Å²) in [6.45, 7) is 0.641. The van der Waals surface area contributed by atoms with Crippen LogP contribution < -0.4 is 5.32 Å². The zero-order valence-electron chi connectivity index (χ0n) is 7.92. The van der Waals surface area contributed by atoms with Crippen molar-refractivity contribution in [2.75, 3.05) is 0 Å². The molecule has 2 heterocycles. The van der Waals surface area contributed by atoms with Crippen molar-refractivity contribution in [1.82, 2.24) is 30.5 Å². The molecule has 0 spiro atoms. The Morgan fingerprint density at radius 2 is 2.53 bits per heavy atom. The molecule has 15 heavy (non-hydrogen) atoms. The van der Waals surface area contributed by atoms with Gasteiger partial charge in [-0.15, -0.1) is 5.10 Å². The van der Waals surface area contributed by atoms with Crippen LogP contribution in [0, 0.1) is 0 Å². The summed E-state index contributed by atoms with van der Waals surface area (Å²) in [5, 5.41) is 16.5. The van der Waals surface area contributed by atoms with Crippen LogP contribution in [0.2, 0.25) is 0 Å². The van der Waals surface area contributed by atoms with Crippen molar-refractivity contribution in [1.29, 1.82) is 0 Å². The maximum absolute atomic E-state index is 11.4. The van der Waals surface area contributed by atoms with Gasteiger partial charge >= 0.3 is 0 Å². The first-order valence-corrected chi connectivity index (χ1v) is 4.43. The molecule has 1 amide bonds. The Morgan fingerprint density at radius 3 is 3.20 bits per heavy atom. The van der Waals surface area contributed by atoms with E-state index in [1.54, 1.807) is 18.6 Å². The molecule has 0 radical (unpaired) electrons. The van der Waals surface area contributed by atoms with E-state index in [0.717, 1.165) is 5.56 Å². The maximum atomic E-state index is 11.4. The van der Waals surface area contributed by atoms with Crippen molar-refractivity contribution >= 4 is 5.91 Å². The van der Waals surface area contributed by atoms with Gasteiger partial charge < -0.3 is 5.32 Å². The predicted molar refractivity (Wildman–Crippen MR) is 50.5 cm³/mol. The van der Waals surface area contributed by atoms with Crippen LogP contribution in [0.3, 0.4) is 0 Å². The van der Waals surface area contributed by atoms with Crippen molar-refractivity contribution in [2.45, 2.75) is 13.1 Å². The smallest absolute Gasteiger partial charge is 0.242 e. The number of nitrogens with zero attached hydrogens (tertiary/aromatic N) is 4. The fourth-order valence-corrected chi connectivity index (χ4v) is 1.10. The molecule has 0 atom stereocenters. The Morgan fingerprint density at radius 1 is 1.60 bits per heavy atom. The maximum Gasteiger partial charge on any atom is 0.242 e. The largest absolute Gasteiger partial charge is 0.350 e. The van der Waals surface area contributed by atoms with Gasteiger partial charge in [0.1, 0.15) is 6.54 Å². The number of carbonyl (C=O) groups excluding carboxylic acids is 1. The average Bonchev–Trinajstić information content (AvgIpc) is 2.86. The summed E-state index contributed by atoms with van der Waals surface area (Å²) in [7, 11) is 0. The number of hydrogen-bond donors (Lipinski definition) is 2. The number of aromatic nitrogens is 5. The van der Waals surface area contributed by atoms with Gasteiger partial charge in [-0.3, -0.25) is 9.89 Å². The van der Waals surface area contributed by atoms with Gasteiger partial charge in [-0.05, 0) is 0 Å². The fraction of sp³-hybridized carbons (Fsp3) is 0.250. The van der Waals surface area contributed by atoms with Gasteiger partial charge in [0.25, 0.3) is 0 Å². The highest BCUT2D eigenvalue weighted by atomic mass is 16.2. The molecule has 78 valence electrons. The fourth-order valence-electron chi connectivity index (χ4n) is 1.10.